The van der Waals surface area contributed by atoms with Crippen molar-refractivity contribution in [2.45, 2.75) is 52.1 Å². The first kappa shape index (κ1) is 19.7. The number of nitrogens with one attached hydrogen (secondary N) is 1. The number of carbonyl (C=O) groups is 1. The third kappa shape index (κ3) is 5.64. The molecule has 1 aliphatic rings. The van der Waals surface area contributed by atoms with Gasteiger partial charge < -0.3 is 26.6 Å². The van der Waals surface area contributed by atoms with Crippen molar-refractivity contribution in [2.24, 2.45) is 28.3 Å². The van der Waals surface area contributed by atoms with Crippen molar-refractivity contribution in [2.75, 3.05) is 0 Å². The molecule has 7 N–H and O–H groups in total. The summed E-state index contributed by atoms with van der Waals surface area (Å²) in [4.78, 5) is 34.5. The SMILES string of the molecule is CCC(C)[C@H](NC(C)=O)[C@H]1CC=C(P(=O)(O)O)C[C@@H]1N=C(N)N. The van der Waals surface area contributed by atoms with Gasteiger partial charge in [-0.05, 0) is 12.3 Å². The molecule has 0 saturated carbocycles. The van der Waals surface area contributed by atoms with E-state index >= 15 is 0 Å². The maximum atomic E-state index is 11.5. The zero-order valence-electron chi connectivity index (χ0n) is 13.8. The fraction of sp³-hybridized carbons (Fsp3) is 0.714. The molecular weight excluding hydrogens is 319 g/mol. The van der Waals surface area contributed by atoms with E-state index in [9.17, 15) is 19.1 Å². The number of rotatable bonds is 6. The second-order valence-electron chi connectivity index (χ2n) is 6.08. The number of amides is 1. The van der Waals surface area contributed by atoms with Crippen LogP contribution in [-0.2, 0) is 9.36 Å². The Morgan fingerprint density at radius 2 is 2.13 bits per heavy atom. The van der Waals surface area contributed by atoms with Crippen molar-refractivity contribution in [3.05, 3.63) is 11.4 Å². The largest absolute Gasteiger partial charge is 0.370 e. The Bertz CT molecular complexity index is 539. The van der Waals surface area contributed by atoms with Gasteiger partial charge >= 0.3 is 7.60 Å². The molecular formula is C14H27N4O4P. The minimum absolute atomic E-state index is 0.0504. The summed E-state index contributed by atoms with van der Waals surface area (Å²) >= 11 is 0. The molecule has 1 amide bonds. The highest BCUT2D eigenvalue weighted by Crippen LogP contribution is 2.51. The molecule has 4 atom stereocenters. The quantitative estimate of drug-likeness (QED) is 0.271. The van der Waals surface area contributed by atoms with Crippen LogP contribution in [0.4, 0.5) is 0 Å². The van der Waals surface area contributed by atoms with Gasteiger partial charge in [-0.15, -0.1) is 0 Å². The summed E-state index contributed by atoms with van der Waals surface area (Å²) in [5.74, 6) is -0.210. The number of hydrogen-bond donors (Lipinski definition) is 5. The van der Waals surface area contributed by atoms with Crippen LogP contribution in [0.15, 0.2) is 16.4 Å². The first-order valence-corrected chi connectivity index (χ1v) is 9.28. The molecule has 0 aromatic carbocycles. The number of allylic oxidation sites excluding steroid dienone is 1. The highest BCUT2D eigenvalue weighted by atomic mass is 31.2. The molecule has 8 nitrogen and oxygen atoms in total. The average molecular weight is 346 g/mol. The van der Waals surface area contributed by atoms with Gasteiger partial charge in [-0.1, -0.05) is 26.3 Å². The van der Waals surface area contributed by atoms with Crippen LogP contribution in [0.1, 0.15) is 40.0 Å². The lowest BCUT2D eigenvalue weighted by molar-refractivity contribution is -0.120. The molecule has 0 aromatic rings. The van der Waals surface area contributed by atoms with Crippen molar-refractivity contribution >= 4 is 19.5 Å². The lowest BCUT2D eigenvalue weighted by Crippen LogP contribution is -2.48. The van der Waals surface area contributed by atoms with Gasteiger partial charge in [-0.2, -0.15) is 0 Å². The summed E-state index contributed by atoms with van der Waals surface area (Å²) in [6, 6.07) is -0.640. The first-order chi connectivity index (χ1) is 10.6. The third-order valence-corrected chi connectivity index (χ3v) is 5.43. The summed E-state index contributed by atoms with van der Waals surface area (Å²) in [5, 5.41) is 2.99. The fourth-order valence-corrected chi connectivity index (χ4v) is 3.76. The van der Waals surface area contributed by atoms with Crippen LogP contribution in [0, 0.1) is 11.8 Å². The molecule has 0 heterocycles. The van der Waals surface area contributed by atoms with Crippen molar-refractivity contribution < 1.29 is 19.1 Å². The molecule has 23 heavy (non-hydrogen) atoms. The smallest absolute Gasteiger partial charge is 0.351 e. The van der Waals surface area contributed by atoms with Gasteiger partial charge in [-0.3, -0.25) is 9.36 Å². The number of nitrogens with two attached hydrogens (primary N) is 2. The van der Waals surface area contributed by atoms with E-state index < -0.39 is 13.6 Å². The summed E-state index contributed by atoms with van der Waals surface area (Å²) < 4.78 is 11.5. The topological polar surface area (TPSA) is 151 Å². The summed E-state index contributed by atoms with van der Waals surface area (Å²) in [5.41, 5.74) is 11.0. The van der Waals surface area contributed by atoms with Gasteiger partial charge in [0.05, 0.1) is 6.04 Å². The average Bonchev–Trinajstić information content (AvgIpc) is 2.42. The monoisotopic (exact) mass is 346 g/mol. The second kappa shape index (κ2) is 7.95. The van der Waals surface area contributed by atoms with E-state index in [4.69, 9.17) is 11.5 Å². The molecule has 0 spiro atoms. The Kier molecular flexibility index (Phi) is 6.80. The number of carbonyl (C=O) groups excluding carboxylic acids is 1. The van der Waals surface area contributed by atoms with Gasteiger partial charge in [0.15, 0.2) is 5.96 Å². The van der Waals surface area contributed by atoms with E-state index in [1.165, 1.54) is 6.92 Å². The van der Waals surface area contributed by atoms with Gasteiger partial charge in [0.25, 0.3) is 0 Å². The van der Waals surface area contributed by atoms with E-state index in [-0.39, 0.29) is 41.5 Å². The molecule has 0 bridgehead atoms. The Morgan fingerprint density at radius 1 is 1.52 bits per heavy atom. The maximum Gasteiger partial charge on any atom is 0.351 e. The van der Waals surface area contributed by atoms with Gasteiger partial charge in [0.1, 0.15) is 0 Å². The third-order valence-electron chi connectivity index (χ3n) is 4.32. The van der Waals surface area contributed by atoms with Crippen molar-refractivity contribution in [1.82, 2.24) is 5.32 Å². The molecule has 1 rings (SSSR count). The Morgan fingerprint density at radius 3 is 2.57 bits per heavy atom. The van der Waals surface area contributed by atoms with Crippen LogP contribution in [0.5, 0.6) is 0 Å². The van der Waals surface area contributed by atoms with Gasteiger partial charge in [0.2, 0.25) is 5.91 Å². The van der Waals surface area contributed by atoms with Gasteiger partial charge in [-0.25, -0.2) is 4.99 Å². The Balaban J connectivity index is 3.17. The number of hydrogen-bond acceptors (Lipinski definition) is 3. The molecule has 1 aliphatic carbocycles. The van der Waals surface area contributed by atoms with Crippen LogP contribution >= 0.6 is 7.60 Å². The van der Waals surface area contributed by atoms with E-state index in [1.807, 2.05) is 13.8 Å². The van der Waals surface area contributed by atoms with Crippen LogP contribution in [-0.4, -0.2) is 33.7 Å². The van der Waals surface area contributed by atoms with Crippen molar-refractivity contribution in [3.63, 3.8) is 0 Å². The van der Waals surface area contributed by atoms with E-state index in [0.29, 0.717) is 6.42 Å². The van der Waals surface area contributed by atoms with Crippen LogP contribution in [0.25, 0.3) is 0 Å². The maximum absolute atomic E-state index is 11.5. The highest BCUT2D eigenvalue weighted by Gasteiger charge is 2.38. The summed E-state index contributed by atoms with van der Waals surface area (Å²) in [7, 11) is -4.31. The zero-order chi connectivity index (χ0) is 17.8. The lowest BCUT2D eigenvalue weighted by Gasteiger charge is -2.38. The van der Waals surface area contributed by atoms with E-state index in [1.54, 1.807) is 6.08 Å². The molecule has 9 heteroatoms. The predicted octanol–water partition coefficient (Wildman–Crippen LogP) is 0.651. The number of aliphatic imine (C=N–C) groups is 1. The lowest BCUT2D eigenvalue weighted by atomic mass is 9.77. The molecule has 0 fully saturated rings. The summed E-state index contributed by atoms with van der Waals surface area (Å²) in [6.07, 6.45) is 2.89. The summed E-state index contributed by atoms with van der Waals surface area (Å²) in [6.45, 7) is 5.49. The minimum atomic E-state index is -4.31. The molecule has 132 valence electrons. The van der Waals surface area contributed by atoms with Crippen molar-refractivity contribution in [3.8, 4) is 0 Å². The second-order valence-corrected chi connectivity index (χ2v) is 7.74. The van der Waals surface area contributed by atoms with E-state index in [2.05, 4.69) is 10.3 Å². The first-order valence-electron chi connectivity index (χ1n) is 7.67. The Labute approximate surface area is 136 Å². The molecule has 0 radical (unpaired) electrons. The normalized spacial score (nSPS) is 24.3. The highest BCUT2D eigenvalue weighted by molar-refractivity contribution is 7.56. The van der Waals surface area contributed by atoms with Crippen LogP contribution < -0.4 is 16.8 Å². The minimum Gasteiger partial charge on any atom is -0.370 e. The molecule has 0 aliphatic heterocycles. The zero-order valence-corrected chi connectivity index (χ0v) is 14.7. The standard InChI is InChI=1S/C14H27N4O4P/c1-4-8(2)13(17-9(3)19)11-6-5-10(23(20,21)22)7-12(11)18-14(15)16/h5,8,11-13H,4,6-7H2,1-3H3,(H,17,19)(H4,15,16,18)(H2,20,21,22)/t8?,11-,12-,13-/m0/s1. The van der Waals surface area contributed by atoms with Crippen LogP contribution in [0.3, 0.4) is 0 Å². The van der Waals surface area contributed by atoms with Crippen LogP contribution in [0.2, 0.25) is 0 Å². The molecule has 0 saturated heterocycles. The fourth-order valence-electron chi connectivity index (χ4n) is 2.99. The number of nitrogens with zero attached hydrogens (tertiary/aromatic N) is 1. The predicted molar refractivity (Wildman–Crippen MR) is 89.5 cm³/mol. The Hall–Kier alpha value is -1.37. The molecule has 0 aromatic heterocycles. The molecule has 1 unspecified atom stereocenters. The number of guanidine groups is 1. The van der Waals surface area contributed by atoms with Crippen molar-refractivity contribution in [1.29, 1.82) is 0 Å². The van der Waals surface area contributed by atoms with Gasteiger partial charge in [0, 0.05) is 30.6 Å². The van der Waals surface area contributed by atoms with E-state index in [0.717, 1.165) is 6.42 Å².